The Morgan fingerprint density at radius 2 is 2.19 bits per heavy atom. The summed E-state index contributed by atoms with van der Waals surface area (Å²) in [5.41, 5.74) is 7.58. The summed E-state index contributed by atoms with van der Waals surface area (Å²) in [6.07, 6.45) is 1.72. The van der Waals surface area contributed by atoms with Crippen LogP contribution in [0, 0.1) is 5.82 Å². The molecule has 1 aromatic heterocycles. The van der Waals surface area contributed by atoms with Gasteiger partial charge < -0.3 is 15.8 Å². The summed E-state index contributed by atoms with van der Waals surface area (Å²) in [5.74, 6) is -0.557. The summed E-state index contributed by atoms with van der Waals surface area (Å²) in [6, 6.07) is 9.89. The average Bonchev–Trinajstić information content (AvgIpc) is 2.53. The first-order chi connectivity index (χ1) is 10.2. The van der Waals surface area contributed by atoms with Gasteiger partial charge in [-0.15, -0.1) is 0 Å². The Morgan fingerprint density at radius 1 is 1.38 bits per heavy atom. The molecule has 0 aliphatic carbocycles. The minimum Gasteiger partial charge on any atom is -0.409 e. The minimum absolute atomic E-state index is 0.121. The van der Waals surface area contributed by atoms with Crippen molar-refractivity contribution in [1.29, 1.82) is 0 Å². The molecule has 2 rings (SSSR count). The lowest BCUT2D eigenvalue weighted by atomic mass is 10.1. The van der Waals surface area contributed by atoms with Gasteiger partial charge in [0.05, 0.1) is 12.2 Å². The quantitative estimate of drug-likeness (QED) is 0.383. The maximum absolute atomic E-state index is 13.4. The number of nitrogens with two attached hydrogens (primary N) is 1. The van der Waals surface area contributed by atoms with Crippen molar-refractivity contribution < 1.29 is 9.60 Å². The molecule has 2 aromatic rings. The molecule has 110 valence electrons. The van der Waals surface area contributed by atoms with Crippen molar-refractivity contribution in [2.75, 3.05) is 11.4 Å². The third kappa shape index (κ3) is 3.47. The number of pyridine rings is 1. The summed E-state index contributed by atoms with van der Waals surface area (Å²) in [5, 5.41) is 11.8. The average molecular weight is 288 g/mol. The number of benzene rings is 1. The topological polar surface area (TPSA) is 74.7 Å². The normalized spacial score (nSPS) is 11.4. The highest BCUT2D eigenvalue weighted by molar-refractivity contribution is 6.02. The number of anilines is 1. The predicted octanol–water partition coefficient (Wildman–Crippen LogP) is 2.34. The number of hydrogen-bond acceptors (Lipinski definition) is 4. The van der Waals surface area contributed by atoms with E-state index in [-0.39, 0.29) is 5.84 Å². The molecule has 0 aliphatic rings. The summed E-state index contributed by atoms with van der Waals surface area (Å²) in [4.78, 5) is 6.26. The van der Waals surface area contributed by atoms with Gasteiger partial charge in [-0.2, -0.15) is 0 Å². The van der Waals surface area contributed by atoms with Crippen LogP contribution in [-0.2, 0) is 6.54 Å². The third-order valence-corrected chi connectivity index (χ3v) is 3.14. The first-order valence-electron chi connectivity index (χ1n) is 6.58. The van der Waals surface area contributed by atoms with Crippen molar-refractivity contribution in [3.05, 3.63) is 59.7 Å². The van der Waals surface area contributed by atoms with Crippen molar-refractivity contribution in [2.24, 2.45) is 10.9 Å². The van der Waals surface area contributed by atoms with Crippen LogP contribution < -0.4 is 10.6 Å². The lowest BCUT2D eigenvalue weighted by Crippen LogP contribution is -2.26. The molecule has 3 N–H and O–H groups in total. The van der Waals surface area contributed by atoms with Crippen LogP contribution in [0.1, 0.15) is 18.2 Å². The molecular formula is C15H17FN4O. The Bertz CT molecular complexity index is 631. The maximum atomic E-state index is 13.4. The van der Waals surface area contributed by atoms with Gasteiger partial charge in [0, 0.05) is 24.0 Å². The van der Waals surface area contributed by atoms with E-state index in [0.717, 1.165) is 5.69 Å². The van der Waals surface area contributed by atoms with E-state index >= 15 is 0 Å². The fourth-order valence-electron chi connectivity index (χ4n) is 2.10. The number of rotatable bonds is 5. The molecule has 0 fully saturated rings. The zero-order valence-electron chi connectivity index (χ0n) is 11.7. The van der Waals surface area contributed by atoms with Crippen molar-refractivity contribution >= 4 is 11.5 Å². The fraction of sp³-hybridized carbons (Fsp3) is 0.200. The van der Waals surface area contributed by atoms with Gasteiger partial charge in [0.1, 0.15) is 5.82 Å². The Morgan fingerprint density at radius 3 is 2.81 bits per heavy atom. The molecule has 0 atom stereocenters. The number of hydrogen-bond donors (Lipinski definition) is 2. The Hall–Kier alpha value is -2.63. The first kappa shape index (κ1) is 14.8. The number of amidine groups is 1. The Kier molecular flexibility index (Phi) is 4.71. The van der Waals surface area contributed by atoms with E-state index in [9.17, 15) is 4.39 Å². The summed E-state index contributed by atoms with van der Waals surface area (Å²) in [7, 11) is 0. The molecule has 0 saturated carbocycles. The van der Waals surface area contributed by atoms with Crippen LogP contribution in [0.5, 0.6) is 0 Å². The second-order valence-corrected chi connectivity index (χ2v) is 4.48. The van der Waals surface area contributed by atoms with Crippen LogP contribution in [-0.4, -0.2) is 22.6 Å². The van der Waals surface area contributed by atoms with Crippen LogP contribution in [0.25, 0.3) is 0 Å². The molecule has 0 spiro atoms. The van der Waals surface area contributed by atoms with Crippen LogP contribution in [0.4, 0.5) is 10.1 Å². The van der Waals surface area contributed by atoms with Gasteiger partial charge in [0.2, 0.25) is 0 Å². The van der Waals surface area contributed by atoms with Crippen molar-refractivity contribution in [3.8, 4) is 0 Å². The van der Waals surface area contributed by atoms with E-state index in [1.54, 1.807) is 12.3 Å². The van der Waals surface area contributed by atoms with Gasteiger partial charge in [-0.3, -0.25) is 4.98 Å². The van der Waals surface area contributed by atoms with Gasteiger partial charge in [0.15, 0.2) is 5.84 Å². The second-order valence-electron chi connectivity index (χ2n) is 4.48. The SMILES string of the molecule is CCN(Cc1ccccn1)c1ccc(F)cc1/C(N)=N/O. The lowest BCUT2D eigenvalue weighted by Gasteiger charge is -2.25. The van der Waals surface area contributed by atoms with E-state index in [1.807, 2.05) is 30.0 Å². The molecule has 0 bridgehead atoms. The first-order valence-corrected chi connectivity index (χ1v) is 6.58. The van der Waals surface area contributed by atoms with Crippen molar-refractivity contribution in [3.63, 3.8) is 0 Å². The second kappa shape index (κ2) is 6.69. The molecule has 0 saturated heterocycles. The number of aromatic nitrogens is 1. The largest absolute Gasteiger partial charge is 0.409 e. The fourth-order valence-corrected chi connectivity index (χ4v) is 2.10. The highest BCUT2D eigenvalue weighted by Crippen LogP contribution is 2.23. The molecule has 0 unspecified atom stereocenters. The van der Waals surface area contributed by atoms with Gasteiger partial charge in [0.25, 0.3) is 0 Å². The minimum atomic E-state index is -0.436. The molecule has 0 aliphatic heterocycles. The van der Waals surface area contributed by atoms with Crippen LogP contribution in [0.2, 0.25) is 0 Å². The van der Waals surface area contributed by atoms with E-state index < -0.39 is 5.82 Å². The molecule has 1 aromatic carbocycles. The Balaban J connectivity index is 2.38. The van der Waals surface area contributed by atoms with Gasteiger partial charge in [-0.25, -0.2) is 4.39 Å². The smallest absolute Gasteiger partial charge is 0.172 e. The summed E-state index contributed by atoms with van der Waals surface area (Å²) >= 11 is 0. The molecule has 6 heteroatoms. The Labute approximate surface area is 122 Å². The zero-order chi connectivity index (χ0) is 15.2. The molecule has 1 heterocycles. The highest BCUT2D eigenvalue weighted by atomic mass is 19.1. The molecular weight excluding hydrogens is 271 g/mol. The lowest BCUT2D eigenvalue weighted by molar-refractivity contribution is 0.318. The molecule has 0 amide bonds. The van der Waals surface area contributed by atoms with Crippen molar-refractivity contribution in [2.45, 2.75) is 13.5 Å². The summed E-state index contributed by atoms with van der Waals surface area (Å²) < 4.78 is 13.4. The third-order valence-electron chi connectivity index (χ3n) is 3.14. The standard InChI is InChI=1S/C15H17FN4O/c1-2-20(10-12-5-3-4-8-18-12)14-7-6-11(16)9-13(14)15(17)19-21/h3-9,21H,2,10H2,1H3,(H2,17,19). The van der Waals surface area contributed by atoms with E-state index in [1.165, 1.54) is 12.1 Å². The molecule has 21 heavy (non-hydrogen) atoms. The summed E-state index contributed by atoms with van der Waals surface area (Å²) in [6.45, 7) is 3.20. The monoisotopic (exact) mass is 288 g/mol. The van der Waals surface area contributed by atoms with Gasteiger partial charge in [-0.05, 0) is 37.3 Å². The van der Waals surface area contributed by atoms with E-state index in [0.29, 0.717) is 24.3 Å². The van der Waals surface area contributed by atoms with E-state index in [4.69, 9.17) is 10.9 Å². The van der Waals surface area contributed by atoms with E-state index in [2.05, 4.69) is 10.1 Å². The zero-order valence-corrected chi connectivity index (χ0v) is 11.7. The van der Waals surface area contributed by atoms with Crippen LogP contribution >= 0.6 is 0 Å². The molecule has 5 nitrogen and oxygen atoms in total. The van der Waals surface area contributed by atoms with Crippen LogP contribution in [0.3, 0.4) is 0 Å². The van der Waals surface area contributed by atoms with Gasteiger partial charge in [-0.1, -0.05) is 11.2 Å². The van der Waals surface area contributed by atoms with Crippen molar-refractivity contribution in [1.82, 2.24) is 4.98 Å². The number of oxime groups is 1. The van der Waals surface area contributed by atoms with Crippen LogP contribution in [0.15, 0.2) is 47.8 Å². The predicted molar refractivity (Wildman–Crippen MR) is 79.9 cm³/mol. The maximum Gasteiger partial charge on any atom is 0.172 e. The molecule has 0 radical (unpaired) electrons. The number of halogens is 1. The highest BCUT2D eigenvalue weighted by Gasteiger charge is 2.14. The number of nitrogens with zero attached hydrogens (tertiary/aromatic N) is 3. The van der Waals surface area contributed by atoms with Gasteiger partial charge >= 0.3 is 0 Å².